The van der Waals surface area contributed by atoms with Crippen molar-refractivity contribution in [1.29, 1.82) is 0 Å². The molecule has 0 unspecified atom stereocenters. The van der Waals surface area contributed by atoms with Gasteiger partial charge in [-0.3, -0.25) is 14.2 Å². The first kappa shape index (κ1) is 12.3. The summed E-state index contributed by atoms with van der Waals surface area (Å²) in [5, 5.41) is 0.572. The van der Waals surface area contributed by atoms with Crippen molar-refractivity contribution in [2.75, 3.05) is 7.11 Å². The summed E-state index contributed by atoms with van der Waals surface area (Å²) >= 11 is 0. The third-order valence-corrected chi connectivity index (χ3v) is 2.84. The Labute approximate surface area is 104 Å². The van der Waals surface area contributed by atoms with Crippen molar-refractivity contribution in [1.82, 2.24) is 9.55 Å². The fourth-order valence-electron chi connectivity index (χ4n) is 1.81. The van der Waals surface area contributed by atoms with Gasteiger partial charge in [0.2, 0.25) is 0 Å². The fourth-order valence-corrected chi connectivity index (χ4v) is 1.81. The number of fused-ring (bicyclic) bond motifs is 1. The summed E-state index contributed by atoms with van der Waals surface area (Å²) in [4.78, 5) is 27.5. The third-order valence-electron chi connectivity index (χ3n) is 2.84. The lowest BCUT2D eigenvalue weighted by Gasteiger charge is -2.06. The van der Waals surface area contributed by atoms with E-state index in [0.717, 1.165) is 5.56 Å². The highest BCUT2D eigenvalue weighted by molar-refractivity contribution is 5.80. The summed E-state index contributed by atoms with van der Waals surface area (Å²) in [6.07, 6.45) is 1.63. The van der Waals surface area contributed by atoms with Crippen molar-refractivity contribution in [3.8, 4) is 0 Å². The van der Waals surface area contributed by atoms with Crippen molar-refractivity contribution < 1.29 is 9.53 Å². The van der Waals surface area contributed by atoms with Gasteiger partial charge in [-0.25, -0.2) is 4.98 Å². The molecule has 5 heteroatoms. The maximum absolute atomic E-state index is 12.2. The molecule has 18 heavy (non-hydrogen) atoms. The SMILES string of the molecule is COC(=O)CCn1cnc2c(C)cccc2c1=O. The molecule has 1 aromatic heterocycles. The van der Waals surface area contributed by atoms with Gasteiger partial charge in [0.15, 0.2) is 0 Å². The topological polar surface area (TPSA) is 61.2 Å². The minimum atomic E-state index is -0.341. The van der Waals surface area contributed by atoms with Gasteiger partial charge in [-0.2, -0.15) is 0 Å². The van der Waals surface area contributed by atoms with Crippen LogP contribution in [0.4, 0.5) is 0 Å². The number of nitrogens with zero attached hydrogens (tertiary/aromatic N) is 2. The summed E-state index contributed by atoms with van der Waals surface area (Å²) in [5.74, 6) is -0.341. The van der Waals surface area contributed by atoms with Crippen LogP contribution < -0.4 is 5.56 Å². The minimum absolute atomic E-state index is 0.132. The lowest BCUT2D eigenvalue weighted by molar-refractivity contribution is -0.140. The summed E-state index contributed by atoms with van der Waals surface area (Å²) in [6.45, 7) is 2.19. The fraction of sp³-hybridized carbons (Fsp3) is 0.308. The number of aryl methyl sites for hydroxylation is 2. The van der Waals surface area contributed by atoms with Crippen LogP contribution in [-0.4, -0.2) is 22.6 Å². The van der Waals surface area contributed by atoms with E-state index in [0.29, 0.717) is 10.9 Å². The van der Waals surface area contributed by atoms with Crippen LogP contribution >= 0.6 is 0 Å². The highest BCUT2D eigenvalue weighted by Gasteiger charge is 2.07. The number of esters is 1. The number of hydrogen-bond donors (Lipinski definition) is 0. The van der Waals surface area contributed by atoms with Gasteiger partial charge in [-0.05, 0) is 18.6 Å². The van der Waals surface area contributed by atoms with E-state index in [1.165, 1.54) is 18.0 Å². The van der Waals surface area contributed by atoms with E-state index >= 15 is 0 Å². The van der Waals surface area contributed by atoms with Gasteiger partial charge in [-0.15, -0.1) is 0 Å². The zero-order valence-electron chi connectivity index (χ0n) is 10.3. The first-order chi connectivity index (χ1) is 8.63. The standard InChI is InChI=1S/C13H14N2O3/c1-9-4-3-5-10-12(9)14-8-15(13(10)17)7-6-11(16)18-2/h3-5,8H,6-7H2,1-2H3. The van der Waals surface area contributed by atoms with Gasteiger partial charge in [0.05, 0.1) is 30.8 Å². The second-order valence-electron chi connectivity index (χ2n) is 4.04. The molecule has 0 aliphatic heterocycles. The number of methoxy groups -OCH3 is 1. The number of aromatic nitrogens is 2. The molecule has 0 bridgehead atoms. The summed E-state index contributed by atoms with van der Waals surface area (Å²) in [5.41, 5.74) is 1.54. The second-order valence-corrected chi connectivity index (χ2v) is 4.04. The average Bonchev–Trinajstić information content (AvgIpc) is 2.38. The number of para-hydroxylation sites is 1. The molecule has 2 aromatic rings. The highest BCUT2D eigenvalue weighted by atomic mass is 16.5. The quantitative estimate of drug-likeness (QED) is 0.765. The van der Waals surface area contributed by atoms with E-state index < -0.39 is 0 Å². The molecule has 0 radical (unpaired) electrons. The predicted molar refractivity (Wildman–Crippen MR) is 67.4 cm³/mol. The predicted octanol–water partition coefficient (Wildman–Crippen LogP) is 1.27. The van der Waals surface area contributed by atoms with E-state index in [-0.39, 0.29) is 24.5 Å². The van der Waals surface area contributed by atoms with E-state index in [1.807, 2.05) is 19.1 Å². The molecule has 0 N–H and O–H groups in total. The maximum Gasteiger partial charge on any atom is 0.307 e. The van der Waals surface area contributed by atoms with Gasteiger partial charge in [-0.1, -0.05) is 12.1 Å². The van der Waals surface area contributed by atoms with Gasteiger partial charge in [0, 0.05) is 6.54 Å². The smallest absolute Gasteiger partial charge is 0.307 e. The van der Waals surface area contributed by atoms with E-state index in [1.54, 1.807) is 6.07 Å². The van der Waals surface area contributed by atoms with Crippen LogP contribution in [0, 0.1) is 6.92 Å². The molecule has 0 atom stereocenters. The van der Waals surface area contributed by atoms with Gasteiger partial charge in [0.25, 0.3) is 5.56 Å². The highest BCUT2D eigenvalue weighted by Crippen LogP contribution is 2.11. The van der Waals surface area contributed by atoms with Crippen molar-refractivity contribution in [3.05, 3.63) is 40.4 Å². The number of rotatable bonds is 3. The molecular formula is C13H14N2O3. The largest absolute Gasteiger partial charge is 0.469 e. The number of carbonyl (C=O) groups excluding carboxylic acids is 1. The average molecular weight is 246 g/mol. The number of hydrogen-bond acceptors (Lipinski definition) is 4. The van der Waals surface area contributed by atoms with Crippen LogP contribution in [0.25, 0.3) is 10.9 Å². The van der Waals surface area contributed by atoms with Gasteiger partial charge in [0.1, 0.15) is 0 Å². The van der Waals surface area contributed by atoms with Crippen molar-refractivity contribution in [3.63, 3.8) is 0 Å². The lowest BCUT2D eigenvalue weighted by Crippen LogP contribution is -2.22. The first-order valence-electron chi connectivity index (χ1n) is 5.65. The number of benzene rings is 1. The Morgan fingerprint density at radius 2 is 2.22 bits per heavy atom. The third kappa shape index (κ3) is 2.25. The summed E-state index contributed by atoms with van der Waals surface area (Å²) in [7, 11) is 1.33. The number of carbonyl (C=O) groups is 1. The molecule has 1 heterocycles. The molecule has 0 saturated carbocycles. The molecule has 0 spiro atoms. The Hall–Kier alpha value is -2.17. The van der Waals surface area contributed by atoms with Crippen LogP contribution in [0.5, 0.6) is 0 Å². The van der Waals surface area contributed by atoms with Crippen LogP contribution in [0.3, 0.4) is 0 Å². The second kappa shape index (κ2) is 5.00. The van der Waals surface area contributed by atoms with Gasteiger partial charge >= 0.3 is 5.97 Å². The monoisotopic (exact) mass is 246 g/mol. The molecular weight excluding hydrogens is 232 g/mol. The maximum atomic E-state index is 12.2. The molecule has 0 saturated heterocycles. The first-order valence-corrected chi connectivity index (χ1v) is 5.65. The van der Waals surface area contributed by atoms with E-state index in [4.69, 9.17) is 0 Å². The van der Waals surface area contributed by atoms with Crippen LogP contribution in [0.1, 0.15) is 12.0 Å². The van der Waals surface area contributed by atoms with Crippen LogP contribution in [0.2, 0.25) is 0 Å². The zero-order valence-corrected chi connectivity index (χ0v) is 10.3. The number of ether oxygens (including phenoxy) is 1. The lowest BCUT2D eigenvalue weighted by atomic mass is 10.1. The molecule has 1 aromatic carbocycles. The Morgan fingerprint density at radius 1 is 1.44 bits per heavy atom. The molecule has 0 fully saturated rings. The Kier molecular flexibility index (Phi) is 3.41. The zero-order chi connectivity index (χ0) is 13.1. The Morgan fingerprint density at radius 3 is 2.94 bits per heavy atom. The molecule has 0 amide bonds. The molecule has 5 nitrogen and oxygen atoms in total. The normalized spacial score (nSPS) is 10.6. The van der Waals surface area contributed by atoms with E-state index in [9.17, 15) is 9.59 Å². The Balaban J connectivity index is 2.40. The van der Waals surface area contributed by atoms with Crippen molar-refractivity contribution in [2.45, 2.75) is 19.9 Å². The summed E-state index contributed by atoms with van der Waals surface area (Å²) in [6, 6.07) is 5.48. The van der Waals surface area contributed by atoms with Crippen molar-refractivity contribution >= 4 is 16.9 Å². The van der Waals surface area contributed by atoms with Crippen LogP contribution in [0.15, 0.2) is 29.3 Å². The molecule has 2 rings (SSSR count). The molecule has 0 aliphatic carbocycles. The molecule has 0 aliphatic rings. The minimum Gasteiger partial charge on any atom is -0.469 e. The molecule has 94 valence electrons. The summed E-state index contributed by atoms with van der Waals surface area (Å²) < 4.78 is 5.97. The van der Waals surface area contributed by atoms with Crippen molar-refractivity contribution in [2.24, 2.45) is 0 Å². The van der Waals surface area contributed by atoms with Gasteiger partial charge < -0.3 is 4.74 Å². The Bertz CT molecular complexity index is 646. The van der Waals surface area contributed by atoms with Crippen LogP contribution in [-0.2, 0) is 16.1 Å². The van der Waals surface area contributed by atoms with E-state index in [2.05, 4.69) is 9.72 Å².